The number of hydrogen-bond acceptors (Lipinski definition) is 4. The average molecular weight is 310 g/mol. The Morgan fingerprint density at radius 1 is 1.33 bits per heavy atom. The molecule has 2 atom stereocenters. The van der Waals surface area contributed by atoms with Crippen LogP contribution in [0.5, 0.6) is 0 Å². The number of nitrogens with one attached hydrogen (secondary N) is 1. The maximum absolute atomic E-state index is 12.1. The van der Waals surface area contributed by atoms with E-state index in [1.807, 2.05) is 49.3 Å². The predicted octanol–water partition coefficient (Wildman–Crippen LogP) is 0.840. The van der Waals surface area contributed by atoms with E-state index in [1.54, 1.807) is 0 Å². The number of likely N-dealkylation sites (N-methyl/N-ethyl adjacent to an activating group) is 1. The molecule has 0 saturated carbocycles. The van der Waals surface area contributed by atoms with Crippen LogP contribution in [0.2, 0.25) is 0 Å². The van der Waals surface area contributed by atoms with Gasteiger partial charge in [0.25, 0.3) is 0 Å². The van der Waals surface area contributed by atoms with Crippen molar-refractivity contribution in [1.29, 1.82) is 0 Å². The minimum Gasteiger partial charge on any atom is -0.354 e. The fourth-order valence-electron chi connectivity index (χ4n) is 2.62. The summed E-state index contributed by atoms with van der Waals surface area (Å²) in [7, 11) is 0.906. The normalized spacial score (nSPS) is 22.1. The third kappa shape index (κ3) is 4.28. The molecule has 1 N–H and O–H groups in total. The largest absolute Gasteiger partial charge is 0.354 e. The van der Waals surface area contributed by atoms with Crippen LogP contribution in [0.25, 0.3) is 0 Å². The van der Waals surface area contributed by atoms with Gasteiger partial charge in [-0.1, -0.05) is 30.3 Å². The van der Waals surface area contributed by atoms with E-state index < -0.39 is 15.8 Å². The molecule has 21 heavy (non-hydrogen) atoms. The second-order valence-corrected chi connectivity index (χ2v) is 7.96. The van der Waals surface area contributed by atoms with E-state index in [2.05, 4.69) is 5.32 Å². The summed E-state index contributed by atoms with van der Waals surface area (Å²) < 4.78 is 22.9. The Labute approximate surface area is 126 Å². The lowest BCUT2D eigenvalue weighted by molar-refractivity contribution is -0.124. The molecule has 1 amide bonds. The van der Waals surface area contributed by atoms with Gasteiger partial charge in [0.05, 0.1) is 23.5 Å². The van der Waals surface area contributed by atoms with E-state index in [9.17, 15) is 13.2 Å². The van der Waals surface area contributed by atoms with E-state index in [1.165, 1.54) is 0 Å². The third-order valence-electron chi connectivity index (χ3n) is 3.88. The maximum atomic E-state index is 12.1. The molecule has 1 fully saturated rings. The molecule has 6 heteroatoms. The summed E-state index contributed by atoms with van der Waals surface area (Å²) in [6, 6.07) is 10.0. The zero-order valence-electron chi connectivity index (χ0n) is 12.5. The number of sulfone groups is 1. The lowest BCUT2D eigenvalue weighted by Crippen LogP contribution is -2.38. The van der Waals surface area contributed by atoms with E-state index in [0.29, 0.717) is 13.0 Å². The Morgan fingerprint density at radius 2 is 2.00 bits per heavy atom. The van der Waals surface area contributed by atoms with Gasteiger partial charge in [-0.15, -0.1) is 0 Å². The standard InChI is InChI=1S/C15H22N2O3S/c1-17(2)14(12-6-4-3-5-7-12)10-16-15(18)13-8-9-21(19,20)11-13/h3-7,13-14H,8-11H2,1-2H3,(H,16,18). The highest BCUT2D eigenvalue weighted by molar-refractivity contribution is 7.91. The number of nitrogens with zero attached hydrogens (tertiary/aromatic N) is 1. The van der Waals surface area contributed by atoms with Crippen molar-refractivity contribution in [3.05, 3.63) is 35.9 Å². The quantitative estimate of drug-likeness (QED) is 0.875. The smallest absolute Gasteiger partial charge is 0.224 e. The molecule has 1 aliphatic rings. The van der Waals surface area contributed by atoms with Crippen LogP contribution in [0.1, 0.15) is 18.0 Å². The van der Waals surface area contributed by atoms with Crippen LogP contribution in [-0.4, -0.2) is 51.4 Å². The highest BCUT2D eigenvalue weighted by Crippen LogP contribution is 2.20. The molecule has 1 aromatic rings. The molecule has 2 rings (SSSR count). The second kappa shape index (κ2) is 6.58. The van der Waals surface area contributed by atoms with E-state index >= 15 is 0 Å². The molecule has 1 saturated heterocycles. The fraction of sp³-hybridized carbons (Fsp3) is 0.533. The average Bonchev–Trinajstić information content (AvgIpc) is 2.80. The molecule has 0 aliphatic carbocycles. The van der Waals surface area contributed by atoms with Crippen LogP contribution < -0.4 is 5.32 Å². The number of rotatable bonds is 5. The molecule has 1 heterocycles. The van der Waals surface area contributed by atoms with Crippen molar-refractivity contribution in [2.45, 2.75) is 12.5 Å². The molecule has 0 spiro atoms. The molecule has 2 unspecified atom stereocenters. The first kappa shape index (κ1) is 16.0. The van der Waals surface area contributed by atoms with E-state index in [4.69, 9.17) is 0 Å². The monoisotopic (exact) mass is 310 g/mol. The molecule has 5 nitrogen and oxygen atoms in total. The third-order valence-corrected chi connectivity index (χ3v) is 5.65. The van der Waals surface area contributed by atoms with Gasteiger partial charge in [-0.25, -0.2) is 8.42 Å². The fourth-order valence-corrected chi connectivity index (χ4v) is 4.36. The Morgan fingerprint density at radius 3 is 2.52 bits per heavy atom. The van der Waals surface area contributed by atoms with Crippen molar-refractivity contribution >= 4 is 15.7 Å². The van der Waals surface area contributed by atoms with Crippen LogP contribution >= 0.6 is 0 Å². The summed E-state index contributed by atoms with van der Waals surface area (Å²) >= 11 is 0. The van der Waals surface area contributed by atoms with Crippen molar-refractivity contribution in [2.75, 3.05) is 32.1 Å². The van der Waals surface area contributed by atoms with E-state index in [-0.39, 0.29) is 23.5 Å². The predicted molar refractivity (Wildman–Crippen MR) is 82.6 cm³/mol. The van der Waals surface area contributed by atoms with E-state index in [0.717, 1.165) is 5.56 Å². The topological polar surface area (TPSA) is 66.5 Å². The zero-order chi connectivity index (χ0) is 15.5. The number of amides is 1. The summed E-state index contributed by atoms with van der Waals surface area (Å²) in [5.41, 5.74) is 1.13. The highest BCUT2D eigenvalue weighted by Gasteiger charge is 2.33. The van der Waals surface area contributed by atoms with Gasteiger partial charge in [0, 0.05) is 6.54 Å². The van der Waals surface area contributed by atoms with Crippen molar-refractivity contribution in [3.8, 4) is 0 Å². The molecule has 1 aliphatic heterocycles. The number of carbonyl (C=O) groups excluding carboxylic acids is 1. The Hall–Kier alpha value is -1.40. The minimum absolute atomic E-state index is 0.0171. The van der Waals surface area contributed by atoms with Crippen LogP contribution in [-0.2, 0) is 14.6 Å². The summed E-state index contributed by atoms with van der Waals surface area (Å²) in [5.74, 6) is -0.440. The maximum Gasteiger partial charge on any atom is 0.224 e. The lowest BCUT2D eigenvalue weighted by Gasteiger charge is -2.25. The Bertz CT molecular complexity index is 584. The lowest BCUT2D eigenvalue weighted by atomic mass is 10.0. The number of hydrogen-bond donors (Lipinski definition) is 1. The first-order valence-corrected chi connectivity index (χ1v) is 8.91. The molecule has 0 bridgehead atoms. The van der Waals surface area contributed by atoms with Gasteiger partial charge < -0.3 is 10.2 Å². The Balaban J connectivity index is 1.95. The van der Waals surface area contributed by atoms with Crippen molar-refractivity contribution < 1.29 is 13.2 Å². The van der Waals surface area contributed by atoms with Crippen LogP contribution in [0.4, 0.5) is 0 Å². The SMILES string of the molecule is CN(C)C(CNC(=O)C1CCS(=O)(=O)C1)c1ccccc1. The summed E-state index contributed by atoms with van der Waals surface area (Å²) in [4.78, 5) is 14.1. The molecule has 116 valence electrons. The number of benzene rings is 1. The molecular formula is C15H22N2O3S. The van der Waals surface area contributed by atoms with Gasteiger partial charge in [0.1, 0.15) is 0 Å². The van der Waals surface area contributed by atoms with Gasteiger partial charge in [-0.05, 0) is 26.1 Å². The van der Waals surface area contributed by atoms with Crippen LogP contribution in [0.3, 0.4) is 0 Å². The summed E-state index contributed by atoms with van der Waals surface area (Å²) in [5, 5.41) is 2.90. The van der Waals surface area contributed by atoms with Gasteiger partial charge in [-0.2, -0.15) is 0 Å². The van der Waals surface area contributed by atoms with Crippen molar-refractivity contribution in [2.24, 2.45) is 5.92 Å². The molecule has 0 radical (unpaired) electrons. The Kier molecular flexibility index (Phi) is 5.00. The second-order valence-electron chi connectivity index (χ2n) is 5.74. The number of carbonyl (C=O) groups is 1. The molecule has 1 aromatic carbocycles. The van der Waals surface area contributed by atoms with Gasteiger partial charge in [0.2, 0.25) is 5.91 Å². The van der Waals surface area contributed by atoms with Gasteiger partial charge in [0.15, 0.2) is 9.84 Å². The summed E-state index contributed by atoms with van der Waals surface area (Å²) in [6.07, 6.45) is 0.437. The van der Waals surface area contributed by atoms with Crippen LogP contribution in [0.15, 0.2) is 30.3 Å². The molecular weight excluding hydrogens is 288 g/mol. The zero-order valence-corrected chi connectivity index (χ0v) is 13.3. The van der Waals surface area contributed by atoms with Crippen molar-refractivity contribution in [3.63, 3.8) is 0 Å². The van der Waals surface area contributed by atoms with Crippen LogP contribution in [0, 0.1) is 5.92 Å². The van der Waals surface area contributed by atoms with Gasteiger partial charge in [-0.3, -0.25) is 4.79 Å². The minimum atomic E-state index is -3.02. The molecule has 0 aromatic heterocycles. The van der Waals surface area contributed by atoms with Crippen molar-refractivity contribution in [1.82, 2.24) is 10.2 Å². The highest BCUT2D eigenvalue weighted by atomic mass is 32.2. The van der Waals surface area contributed by atoms with Gasteiger partial charge >= 0.3 is 0 Å². The first-order valence-electron chi connectivity index (χ1n) is 7.08. The summed E-state index contributed by atoms with van der Waals surface area (Å²) in [6.45, 7) is 0.479. The first-order chi connectivity index (χ1) is 9.89.